The highest BCUT2D eigenvalue weighted by atomic mass is 16.3. The molecule has 0 saturated heterocycles. The third kappa shape index (κ3) is 5.64. The average molecular weight is 536 g/mol. The number of aryl methyl sites for hydroxylation is 1. The highest BCUT2D eigenvalue weighted by molar-refractivity contribution is 5.38. The summed E-state index contributed by atoms with van der Waals surface area (Å²) in [6.07, 6.45) is 20.7. The SMILES string of the molecule is C=C1/C(=C\C=C2/CCC[C@]3(C)[C@@H]([C@@H](C)/C=C/[C@@H](O)C4(c5nc(CCCC)co5)CC4)CC[C@@H]23)C[C@@H](O)C[C@@H]1O. The van der Waals surface area contributed by atoms with Gasteiger partial charge in [0.25, 0.3) is 0 Å². The van der Waals surface area contributed by atoms with Crippen molar-refractivity contribution in [3.8, 4) is 0 Å². The van der Waals surface area contributed by atoms with Crippen LogP contribution in [0.25, 0.3) is 0 Å². The summed E-state index contributed by atoms with van der Waals surface area (Å²) in [7, 11) is 0. The van der Waals surface area contributed by atoms with Gasteiger partial charge in [-0.15, -0.1) is 0 Å². The van der Waals surface area contributed by atoms with Crippen LogP contribution in [0, 0.1) is 23.2 Å². The minimum absolute atomic E-state index is 0.244. The number of aromatic nitrogens is 1. The van der Waals surface area contributed by atoms with E-state index in [0.29, 0.717) is 36.5 Å². The van der Waals surface area contributed by atoms with E-state index in [0.717, 1.165) is 55.4 Å². The fourth-order valence-electron chi connectivity index (χ4n) is 7.99. The lowest BCUT2D eigenvalue weighted by molar-refractivity contribution is 0.0862. The van der Waals surface area contributed by atoms with Crippen molar-refractivity contribution in [2.45, 2.75) is 122 Å². The van der Waals surface area contributed by atoms with Gasteiger partial charge < -0.3 is 19.7 Å². The number of aliphatic hydroxyl groups is 3. The highest BCUT2D eigenvalue weighted by Gasteiger charge is 2.54. The molecule has 0 aromatic carbocycles. The first-order chi connectivity index (χ1) is 18.7. The molecule has 5 heteroatoms. The molecule has 7 atom stereocenters. The van der Waals surface area contributed by atoms with E-state index in [-0.39, 0.29) is 10.8 Å². The largest absolute Gasteiger partial charge is 0.448 e. The molecule has 39 heavy (non-hydrogen) atoms. The van der Waals surface area contributed by atoms with Gasteiger partial charge >= 0.3 is 0 Å². The van der Waals surface area contributed by atoms with Gasteiger partial charge in [0.15, 0.2) is 0 Å². The van der Waals surface area contributed by atoms with Gasteiger partial charge in [0, 0.05) is 6.42 Å². The van der Waals surface area contributed by atoms with Gasteiger partial charge in [-0.05, 0) is 98.5 Å². The zero-order valence-electron chi connectivity index (χ0n) is 24.2. The smallest absolute Gasteiger partial charge is 0.203 e. The molecule has 0 spiro atoms. The molecule has 3 N–H and O–H groups in total. The average Bonchev–Trinajstić information content (AvgIpc) is 3.44. The lowest BCUT2D eigenvalue weighted by Crippen LogP contribution is -2.35. The topological polar surface area (TPSA) is 86.7 Å². The number of nitrogens with zero attached hydrogens (tertiary/aromatic N) is 1. The molecule has 0 radical (unpaired) electrons. The van der Waals surface area contributed by atoms with Crippen LogP contribution in [0.3, 0.4) is 0 Å². The number of hydrogen-bond acceptors (Lipinski definition) is 5. The van der Waals surface area contributed by atoms with Crippen molar-refractivity contribution in [2.75, 3.05) is 0 Å². The normalized spacial score (nSPS) is 36.0. The Bertz CT molecular complexity index is 1120. The molecule has 214 valence electrons. The van der Waals surface area contributed by atoms with Crippen molar-refractivity contribution in [3.05, 3.63) is 65.5 Å². The van der Waals surface area contributed by atoms with E-state index in [4.69, 9.17) is 9.40 Å². The van der Waals surface area contributed by atoms with E-state index in [1.807, 2.05) is 6.08 Å². The molecule has 4 saturated carbocycles. The Morgan fingerprint density at radius 1 is 1.18 bits per heavy atom. The molecule has 1 heterocycles. The van der Waals surface area contributed by atoms with Gasteiger partial charge in [0.2, 0.25) is 5.89 Å². The number of allylic oxidation sites excluding steroid dienone is 4. The Morgan fingerprint density at radius 3 is 2.72 bits per heavy atom. The molecule has 4 fully saturated rings. The van der Waals surface area contributed by atoms with Crippen LogP contribution in [0.2, 0.25) is 0 Å². The number of aliphatic hydroxyl groups excluding tert-OH is 3. The van der Waals surface area contributed by atoms with Gasteiger partial charge in [-0.25, -0.2) is 4.98 Å². The zero-order valence-corrected chi connectivity index (χ0v) is 24.2. The van der Waals surface area contributed by atoms with E-state index in [9.17, 15) is 15.3 Å². The molecule has 1 aromatic rings. The molecular weight excluding hydrogens is 486 g/mol. The van der Waals surface area contributed by atoms with Crippen LogP contribution in [0.5, 0.6) is 0 Å². The maximum Gasteiger partial charge on any atom is 0.203 e. The second kappa shape index (κ2) is 11.5. The molecule has 5 rings (SSSR count). The Morgan fingerprint density at radius 2 is 1.97 bits per heavy atom. The van der Waals surface area contributed by atoms with Crippen molar-refractivity contribution in [2.24, 2.45) is 23.2 Å². The second-order valence-corrected chi connectivity index (χ2v) is 13.3. The standard InChI is InChI=1S/C34H49NO4/c1-5-6-9-26-21-39-32(35-26)34(17-18-34)31(38)15-10-22(2)28-13-14-29-24(8-7-16-33(28,29)4)11-12-25-19-27(36)20-30(37)23(25)3/h10-12,15,21-22,27-31,36-38H,3,5-9,13-14,16-20H2,1-2,4H3/b15-10+,24-11+,25-12-/t22-,27+,28+,29-,30-,31+,33+/m0/s1. The molecule has 0 unspecified atom stereocenters. The molecule has 0 aliphatic heterocycles. The van der Waals surface area contributed by atoms with Crippen LogP contribution >= 0.6 is 0 Å². The summed E-state index contributed by atoms with van der Waals surface area (Å²) in [5.41, 5.74) is 4.16. The predicted molar refractivity (Wildman–Crippen MR) is 155 cm³/mol. The van der Waals surface area contributed by atoms with Gasteiger partial charge in [-0.3, -0.25) is 0 Å². The molecule has 0 bridgehead atoms. The van der Waals surface area contributed by atoms with E-state index in [1.54, 1.807) is 6.26 Å². The quantitative estimate of drug-likeness (QED) is 0.305. The predicted octanol–water partition coefficient (Wildman–Crippen LogP) is 6.74. The van der Waals surface area contributed by atoms with E-state index in [1.165, 1.54) is 31.3 Å². The fourth-order valence-corrected chi connectivity index (χ4v) is 7.99. The number of unbranched alkanes of at least 4 members (excludes halogenated alkanes) is 1. The molecular formula is C34H49NO4. The summed E-state index contributed by atoms with van der Waals surface area (Å²) >= 11 is 0. The second-order valence-electron chi connectivity index (χ2n) is 13.3. The van der Waals surface area contributed by atoms with Crippen molar-refractivity contribution < 1.29 is 19.7 Å². The molecule has 1 aromatic heterocycles. The Hall–Kier alpha value is -1.95. The van der Waals surface area contributed by atoms with Crippen LogP contribution in [-0.4, -0.2) is 38.6 Å². The number of oxazole rings is 1. The number of fused-ring (bicyclic) bond motifs is 1. The Kier molecular flexibility index (Phi) is 8.43. The first kappa shape index (κ1) is 28.6. The van der Waals surface area contributed by atoms with Crippen LogP contribution in [0.4, 0.5) is 0 Å². The van der Waals surface area contributed by atoms with Crippen molar-refractivity contribution in [1.29, 1.82) is 0 Å². The van der Waals surface area contributed by atoms with Crippen molar-refractivity contribution in [3.63, 3.8) is 0 Å². The van der Waals surface area contributed by atoms with Crippen LogP contribution < -0.4 is 0 Å². The zero-order chi connectivity index (χ0) is 27.8. The van der Waals surface area contributed by atoms with Gasteiger partial charge in [-0.2, -0.15) is 0 Å². The Balaban J connectivity index is 1.26. The molecule has 5 nitrogen and oxygen atoms in total. The van der Waals surface area contributed by atoms with E-state index >= 15 is 0 Å². The van der Waals surface area contributed by atoms with E-state index < -0.39 is 18.3 Å². The molecule has 4 aliphatic rings. The summed E-state index contributed by atoms with van der Waals surface area (Å²) in [6, 6.07) is 0. The summed E-state index contributed by atoms with van der Waals surface area (Å²) in [5.74, 6) is 2.23. The number of hydrogen-bond donors (Lipinski definition) is 3. The third-order valence-electron chi connectivity index (χ3n) is 10.7. The highest BCUT2D eigenvalue weighted by Crippen LogP contribution is 2.60. The number of rotatable bonds is 9. The summed E-state index contributed by atoms with van der Waals surface area (Å²) < 4.78 is 5.85. The maximum atomic E-state index is 11.2. The van der Waals surface area contributed by atoms with Gasteiger partial charge in [0.05, 0.1) is 29.4 Å². The summed E-state index contributed by atoms with van der Waals surface area (Å²) in [4.78, 5) is 4.74. The van der Waals surface area contributed by atoms with Crippen LogP contribution in [-0.2, 0) is 11.8 Å². The van der Waals surface area contributed by atoms with Gasteiger partial charge in [-0.1, -0.05) is 63.6 Å². The van der Waals surface area contributed by atoms with Gasteiger partial charge in [0.1, 0.15) is 6.26 Å². The first-order valence-electron chi connectivity index (χ1n) is 15.4. The minimum atomic E-state index is -0.643. The fraction of sp³-hybridized carbons (Fsp3) is 0.676. The molecule has 0 amide bonds. The van der Waals surface area contributed by atoms with Crippen molar-refractivity contribution >= 4 is 0 Å². The third-order valence-corrected chi connectivity index (χ3v) is 10.7. The van der Waals surface area contributed by atoms with Crippen LogP contribution in [0.1, 0.15) is 103 Å². The molecule has 4 aliphatic carbocycles. The summed E-state index contributed by atoms with van der Waals surface area (Å²) in [6.45, 7) is 11.1. The van der Waals surface area contributed by atoms with Crippen LogP contribution in [0.15, 0.2) is 58.3 Å². The first-order valence-corrected chi connectivity index (χ1v) is 15.4. The lowest BCUT2D eigenvalue weighted by Gasteiger charge is -2.44. The maximum absolute atomic E-state index is 11.2. The van der Waals surface area contributed by atoms with Crippen molar-refractivity contribution in [1.82, 2.24) is 4.98 Å². The van der Waals surface area contributed by atoms with E-state index in [2.05, 4.69) is 45.6 Å². The minimum Gasteiger partial charge on any atom is -0.448 e. The Labute approximate surface area is 234 Å². The monoisotopic (exact) mass is 535 g/mol. The summed E-state index contributed by atoms with van der Waals surface area (Å²) in [5, 5.41) is 31.6. The lowest BCUT2D eigenvalue weighted by atomic mass is 9.61.